The summed E-state index contributed by atoms with van der Waals surface area (Å²) < 4.78 is 5.40. The van der Waals surface area contributed by atoms with E-state index in [9.17, 15) is 4.79 Å². The molecule has 18 heavy (non-hydrogen) atoms. The Hall–Kier alpha value is -1.21. The number of amides is 1. The Balaban J connectivity index is 4.51. The molecule has 0 radical (unpaired) electrons. The van der Waals surface area contributed by atoms with Crippen molar-refractivity contribution in [3.05, 3.63) is 0 Å². The number of nitrogens with zero attached hydrogens (tertiary/aromatic N) is 1. The fourth-order valence-electron chi connectivity index (χ4n) is 1.37. The number of carbonyl (C=O) groups is 1. The van der Waals surface area contributed by atoms with E-state index < -0.39 is 5.60 Å². The summed E-state index contributed by atoms with van der Waals surface area (Å²) in [6.45, 7) is 13.3. The van der Waals surface area contributed by atoms with E-state index in [2.05, 4.69) is 11.2 Å². The van der Waals surface area contributed by atoms with Crippen LogP contribution in [0.2, 0.25) is 0 Å². The summed E-state index contributed by atoms with van der Waals surface area (Å²) in [5.41, 5.74) is -0.757. The zero-order valence-corrected chi connectivity index (χ0v) is 12.5. The molecule has 1 amide bonds. The number of hydrogen-bond acceptors (Lipinski definition) is 3. The Kier molecular flexibility index (Phi) is 6.20. The molecule has 0 aliphatic heterocycles. The predicted molar refractivity (Wildman–Crippen MR) is 74.4 cm³/mol. The molecule has 0 unspecified atom stereocenters. The lowest BCUT2D eigenvalue weighted by Gasteiger charge is -2.36. The first-order valence-corrected chi connectivity index (χ1v) is 6.23. The molecule has 0 rings (SSSR count). The Morgan fingerprint density at radius 2 is 1.83 bits per heavy atom. The second-order valence-electron chi connectivity index (χ2n) is 6.18. The first kappa shape index (κ1) is 16.8. The van der Waals surface area contributed by atoms with E-state index in [1.165, 1.54) is 0 Å². The highest BCUT2D eigenvalue weighted by molar-refractivity contribution is 5.69. The summed E-state index contributed by atoms with van der Waals surface area (Å²) in [7, 11) is 0. The molecule has 0 spiro atoms. The zero-order valence-electron chi connectivity index (χ0n) is 12.5. The predicted octanol–water partition coefficient (Wildman–Crippen LogP) is 2.24. The molecule has 0 aromatic rings. The minimum Gasteiger partial charge on any atom is -0.444 e. The number of hydrogen-bond donors (Lipinski definition) is 1. The molecule has 104 valence electrons. The van der Waals surface area contributed by atoms with Gasteiger partial charge in [0.1, 0.15) is 5.60 Å². The van der Waals surface area contributed by atoms with Crippen molar-refractivity contribution in [2.45, 2.75) is 52.7 Å². The maximum atomic E-state index is 12.1. The molecule has 0 fully saturated rings. The molecule has 4 heteroatoms. The van der Waals surface area contributed by atoms with Crippen molar-refractivity contribution >= 4 is 6.09 Å². The van der Waals surface area contributed by atoms with Crippen LogP contribution in [-0.4, -0.2) is 41.8 Å². The number of ether oxygens (including phenoxy) is 1. The van der Waals surface area contributed by atoms with Crippen LogP contribution < -0.4 is 5.32 Å². The minimum atomic E-state index is -0.479. The van der Waals surface area contributed by atoms with Crippen molar-refractivity contribution < 1.29 is 9.53 Å². The molecule has 0 saturated heterocycles. The van der Waals surface area contributed by atoms with Crippen molar-refractivity contribution in [3.63, 3.8) is 0 Å². The Morgan fingerprint density at radius 1 is 1.28 bits per heavy atom. The summed E-state index contributed by atoms with van der Waals surface area (Å²) >= 11 is 0. The maximum absolute atomic E-state index is 12.1. The highest BCUT2D eigenvalue weighted by atomic mass is 16.6. The van der Waals surface area contributed by atoms with E-state index in [0.717, 1.165) is 0 Å². The van der Waals surface area contributed by atoms with E-state index >= 15 is 0 Å². The van der Waals surface area contributed by atoms with Crippen LogP contribution in [0.25, 0.3) is 0 Å². The van der Waals surface area contributed by atoms with Crippen LogP contribution in [0.15, 0.2) is 0 Å². The Bertz CT molecular complexity index is 305. The van der Waals surface area contributed by atoms with Crippen LogP contribution in [0.1, 0.15) is 41.5 Å². The van der Waals surface area contributed by atoms with Crippen LogP contribution in [0, 0.1) is 12.3 Å². The number of terminal acetylenes is 1. The molecule has 0 aliphatic carbocycles. The molecular weight excluding hydrogens is 228 g/mol. The van der Waals surface area contributed by atoms with Gasteiger partial charge in [-0.3, -0.25) is 0 Å². The quantitative estimate of drug-likeness (QED) is 0.618. The third-order valence-corrected chi connectivity index (χ3v) is 2.16. The fourth-order valence-corrected chi connectivity index (χ4v) is 1.37. The molecule has 0 aliphatic rings. The monoisotopic (exact) mass is 254 g/mol. The van der Waals surface area contributed by atoms with Crippen molar-refractivity contribution in [2.24, 2.45) is 0 Å². The Morgan fingerprint density at radius 3 is 2.22 bits per heavy atom. The van der Waals surface area contributed by atoms with E-state index in [4.69, 9.17) is 11.2 Å². The van der Waals surface area contributed by atoms with Crippen LogP contribution in [0.5, 0.6) is 0 Å². The summed E-state index contributed by atoms with van der Waals surface area (Å²) in [4.78, 5) is 13.8. The molecule has 1 N–H and O–H groups in total. The second-order valence-corrected chi connectivity index (χ2v) is 6.18. The summed E-state index contributed by atoms with van der Waals surface area (Å²) in [5.74, 6) is 2.50. The zero-order chi connectivity index (χ0) is 14.4. The topological polar surface area (TPSA) is 41.6 Å². The van der Waals surface area contributed by atoms with Crippen molar-refractivity contribution in [1.82, 2.24) is 10.2 Å². The first-order valence-electron chi connectivity index (χ1n) is 6.23. The van der Waals surface area contributed by atoms with Gasteiger partial charge in [-0.05, 0) is 41.5 Å². The van der Waals surface area contributed by atoms with Gasteiger partial charge in [-0.2, -0.15) is 0 Å². The van der Waals surface area contributed by atoms with Crippen LogP contribution in [0.3, 0.4) is 0 Å². The van der Waals surface area contributed by atoms with E-state index in [1.54, 1.807) is 4.90 Å². The lowest BCUT2D eigenvalue weighted by Crippen LogP contribution is -2.50. The van der Waals surface area contributed by atoms with E-state index in [0.29, 0.717) is 19.6 Å². The van der Waals surface area contributed by atoms with Crippen molar-refractivity contribution in [1.29, 1.82) is 0 Å². The average Bonchev–Trinajstić information content (AvgIpc) is 2.12. The largest absolute Gasteiger partial charge is 0.444 e. The lowest BCUT2D eigenvalue weighted by atomic mass is 10.1. The van der Waals surface area contributed by atoms with E-state index in [-0.39, 0.29) is 11.6 Å². The van der Waals surface area contributed by atoms with Crippen LogP contribution in [0.4, 0.5) is 4.79 Å². The van der Waals surface area contributed by atoms with Gasteiger partial charge in [-0.25, -0.2) is 4.79 Å². The smallest absolute Gasteiger partial charge is 0.410 e. The minimum absolute atomic E-state index is 0.278. The molecule has 0 bridgehead atoms. The molecular formula is C14H26N2O2. The Labute approximate surface area is 111 Å². The molecule has 0 heterocycles. The summed E-state index contributed by atoms with van der Waals surface area (Å²) in [6.07, 6.45) is 4.86. The SMILES string of the molecule is C#CCNCCN(C(=O)OC(C)(C)C)C(C)(C)C. The normalized spacial score (nSPS) is 11.8. The number of rotatable bonds is 4. The molecule has 0 aromatic carbocycles. The molecule has 0 aromatic heterocycles. The van der Waals surface area contributed by atoms with Gasteiger partial charge in [-0.15, -0.1) is 6.42 Å². The van der Waals surface area contributed by atoms with Crippen molar-refractivity contribution in [3.8, 4) is 12.3 Å². The third-order valence-electron chi connectivity index (χ3n) is 2.16. The standard InChI is InChI=1S/C14H26N2O2/c1-8-9-15-10-11-16(13(2,3)4)12(17)18-14(5,6)7/h1,15H,9-11H2,2-7H3. The van der Waals surface area contributed by atoms with E-state index in [1.807, 2.05) is 41.5 Å². The van der Waals surface area contributed by atoms with Gasteiger partial charge >= 0.3 is 6.09 Å². The van der Waals surface area contributed by atoms with Crippen molar-refractivity contribution in [2.75, 3.05) is 19.6 Å². The summed E-state index contributed by atoms with van der Waals surface area (Å²) in [6, 6.07) is 0. The van der Waals surface area contributed by atoms with Crippen LogP contribution in [-0.2, 0) is 4.74 Å². The molecule has 0 saturated carbocycles. The molecule has 0 atom stereocenters. The van der Waals surface area contributed by atoms with Gasteiger partial charge < -0.3 is 15.0 Å². The van der Waals surface area contributed by atoms with Gasteiger partial charge in [0.05, 0.1) is 6.54 Å². The van der Waals surface area contributed by atoms with Gasteiger partial charge in [0.15, 0.2) is 0 Å². The van der Waals surface area contributed by atoms with Crippen LogP contribution >= 0.6 is 0 Å². The van der Waals surface area contributed by atoms with Gasteiger partial charge in [-0.1, -0.05) is 5.92 Å². The summed E-state index contributed by atoms with van der Waals surface area (Å²) in [5, 5.41) is 3.07. The third kappa shape index (κ3) is 7.18. The van der Waals surface area contributed by atoms with Gasteiger partial charge in [0.2, 0.25) is 0 Å². The number of carbonyl (C=O) groups excluding carboxylic acids is 1. The first-order chi connectivity index (χ1) is 8.08. The maximum Gasteiger partial charge on any atom is 0.410 e. The van der Waals surface area contributed by atoms with Gasteiger partial charge in [0, 0.05) is 18.6 Å². The second kappa shape index (κ2) is 6.65. The highest BCUT2D eigenvalue weighted by Gasteiger charge is 2.29. The average molecular weight is 254 g/mol. The number of nitrogens with one attached hydrogen (secondary N) is 1. The fraction of sp³-hybridized carbons (Fsp3) is 0.786. The highest BCUT2D eigenvalue weighted by Crippen LogP contribution is 2.17. The molecule has 4 nitrogen and oxygen atoms in total. The van der Waals surface area contributed by atoms with Gasteiger partial charge in [0.25, 0.3) is 0 Å². The lowest BCUT2D eigenvalue weighted by molar-refractivity contribution is 0.00672.